The third-order valence-electron chi connectivity index (χ3n) is 2.68. The van der Waals surface area contributed by atoms with Gasteiger partial charge in [0.2, 0.25) is 0 Å². The molecule has 1 aromatic carbocycles. The van der Waals surface area contributed by atoms with Gasteiger partial charge in [-0.05, 0) is 34.7 Å². The van der Waals surface area contributed by atoms with Crippen molar-refractivity contribution in [3.05, 3.63) is 59.4 Å². The number of rotatable bonds is 3. The second-order valence-corrected chi connectivity index (χ2v) is 4.37. The number of hydrogen-bond acceptors (Lipinski definition) is 4. The monoisotopic (exact) mass is 271 g/mol. The van der Waals surface area contributed by atoms with Crippen LogP contribution < -0.4 is 0 Å². The number of benzene rings is 1. The molecule has 3 aromatic rings. The largest absolute Gasteiger partial charge is 0.259 e. The maximum Gasteiger partial charge on any atom is 0.183 e. The molecular formula is C13H10ClN5. The molecule has 0 spiro atoms. The first kappa shape index (κ1) is 11.8. The van der Waals surface area contributed by atoms with Crippen LogP contribution in [0.5, 0.6) is 0 Å². The molecule has 0 saturated heterocycles. The van der Waals surface area contributed by atoms with Crippen molar-refractivity contribution < 1.29 is 0 Å². The van der Waals surface area contributed by atoms with Crippen molar-refractivity contribution in [3.8, 4) is 11.4 Å². The average molecular weight is 272 g/mol. The Morgan fingerprint density at radius 1 is 1.05 bits per heavy atom. The molecule has 0 atom stereocenters. The van der Waals surface area contributed by atoms with E-state index in [0.717, 1.165) is 11.3 Å². The number of nitrogens with zero attached hydrogens (tertiary/aromatic N) is 5. The second kappa shape index (κ2) is 5.16. The molecular weight excluding hydrogens is 262 g/mol. The van der Waals surface area contributed by atoms with E-state index in [-0.39, 0.29) is 0 Å². The lowest BCUT2D eigenvalue weighted by Crippen LogP contribution is -2.05. The van der Waals surface area contributed by atoms with E-state index in [2.05, 4.69) is 20.5 Å². The highest BCUT2D eigenvalue weighted by molar-refractivity contribution is 6.33. The fourth-order valence-corrected chi connectivity index (χ4v) is 2.01. The van der Waals surface area contributed by atoms with Crippen molar-refractivity contribution in [3.63, 3.8) is 0 Å². The topological polar surface area (TPSA) is 56.5 Å². The van der Waals surface area contributed by atoms with Gasteiger partial charge < -0.3 is 0 Å². The SMILES string of the molecule is Clc1ccccc1-c1nnnn1Cc1ccccn1. The van der Waals surface area contributed by atoms with Crippen LogP contribution in [0.4, 0.5) is 0 Å². The highest BCUT2D eigenvalue weighted by Crippen LogP contribution is 2.25. The van der Waals surface area contributed by atoms with Crippen LogP contribution in [-0.2, 0) is 6.54 Å². The summed E-state index contributed by atoms with van der Waals surface area (Å²) in [6.45, 7) is 0.508. The first-order valence-corrected chi connectivity index (χ1v) is 6.13. The van der Waals surface area contributed by atoms with E-state index in [1.54, 1.807) is 10.9 Å². The summed E-state index contributed by atoms with van der Waals surface area (Å²) in [7, 11) is 0. The molecule has 2 aromatic heterocycles. The van der Waals surface area contributed by atoms with Gasteiger partial charge in [0, 0.05) is 11.8 Å². The van der Waals surface area contributed by atoms with Gasteiger partial charge in [0.05, 0.1) is 17.3 Å². The van der Waals surface area contributed by atoms with Gasteiger partial charge in [0.15, 0.2) is 5.82 Å². The quantitative estimate of drug-likeness (QED) is 0.734. The van der Waals surface area contributed by atoms with Crippen LogP contribution in [-0.4, -0.2) is 25.2 Å². The van der Waals surface area contributed by atoms with E-state index in [9.17, 15) is 0 Å². The van der Waals surface area contributed by atoms with Gasteiger partial charge in [-0.25, -0.2) is 4.68 Å². The number of hydrogen-bond donors (Lipinski definition) is 0. The summed E-state index contributed by atoms with van der Waals surface area (Å²) in [5.74, 6) is 0.635. The lowest BCUT2D eigenvalue weighted by atomic mass is 10.2. The Balaban J connectivity index is 1.98. The summed E-state index contributed by atoms with van der Waals surface area (Å²) < 4.78 is 1.68. The van der Waals surface area contributed by atoms with Crippen LogP contribution in [0.1, 0.15) is 5.69 Å². The Morgan fingerprint density at radius 3 is 2.68 bits per heavy atom. The van der Waals surface area contributed by atoms with E-state index in [4.69, 9.17) is 11.6 Å². The minimum absolute atomic E-state index is 0.508. The normalized spacial score (nSPS) is 10.6. The van der Waals surface area contributed by atoms with Gasteiger partial charge >= 0.3 is 0 Å². The summed E-state index contributed by atoms with van der Waals surface area (Å²) in [6, 6.07) is 13.2. The van der Waals surface area contributed by atoms with Gasteiger partial charge in [-0.15, -0.1) is 5.10 Å². The Labute approximate surface area is 114 Å². The van der Waals surface area contributed by atoms with Crippen LogP contribution in [0.2, 0.25) is 5.02 Å². The molecule has 19 heavy (non-hydrogen) atoms. The van der Waals surface area contributed by atoms with E-state index in [1.165, 1.54) is 0 Å². The van der Waals surface area contributed by atoms with Crippen molar-refractivity contribution >= 4 is 11.6 Å². The predicted octanol–water partition coefficient (Wildman–Crippen LogP) is 2.44. The molecule has 0 radical (unpaired) electrons. The molecule has 94 valence electrons. The number of pyridine rings is 1. The minimum atomic E-state index is 0.508. The van der Waals surface area contributed by atoms with E-state index >= 15 is 0 Å². The zero-order valence-electron chi connectivity index (χ0n) is 9.94. The smallest absolute Gasteiger partial charge is 0.183 e. The van der Waals surface area contributed by atoms with Gasteiger partial charge in [0.1, 0.15) is 0 Å². The average Bonchev–Trinajstić information content (AvgIpc) is 2.88. The summed E-state index contributed by atoms with van der Waals surface area (Å²) in [5.41, 5.74) is 1.70. The Kier molecular flexibility index (Phi) is 3.20. The Morgan fingerprint density at radius 2 is 1.89 bits per heavy atom. The van der Waals surface area contributed by atoms with Crippen LogP contribution in [0.25, 0.3) is 11.4 Å². The molecule has 2 heterocycles. The molecule has 0 aliphatic carbocycles. The molecule has 0 amide bonds. The van der Waals surface area contributed by atoms with Gasteiger partial charge in [-0.2, -0.15) is 0 Å². The van der Waals surface area contributed by atoms with E-state index in [0.29, 0.717) is 17.4 Å². The minimum Gasteiger partial charge on any atom is -0.259 e. The molecule has 0 aliphatic rings. The van der Waals surface area contributed by atoms with Crippen molar-refractivity contribution in [2.24, 2.45) is 0 Å². The van der Waals surface area contributed by atoms with Crippen molar-refractivity contribution in [1.82, 2.24) is 25.2 Å². The second-order valence-electron chi connectivity index (χ2n) is 3.96. The summed E-state index contributed by atoms with van der Waals surface area (Å²) in [6.07, 6.45) is 1.74. The van der Waals surface area contributed by atoms with E-state index in [1.807, 2.05) is 42.5 Å². The Hall–Kier alpha value is -2.27. The Bertz CT molecular complexity index is 680. The fourth-order valence-electron chi connectivity index (χ4n) is 1.79. The van der Waals surface area contributed by atoms with Gasteiger partial charge in [0.25, 0.3) is 0 Å². The van der Waals surface area contributed by atoms with E-state index < -0.39 is 0 Å². The number of tetrazole rings is 1. The molecule has 0 unspecified atom stereocenters. The third kappa shape index (κ3) is 2.46. The predicted molar refractivity (Wildman–Crippen MR) is 71.6 cm³/mol. The molecule has 0 N–H and O–H groups in total. The van der Waals surface area contributed by atoms with Crippen molar-refractivity contribution in [1.29, 1.82) is 0 Å². The lowest BCUT2D eigenvalue weighted by molar-refractivity contribution is 0.642. The summed E-state index contributed by atoms with van der Waals surface area (Å²) in [4.78, 5) is 4.26. The third-order valence-corrected chi connectivity index (χ3v) is 3.01. The zero-order chi connectivity index (χ0) is 13.1. The summed E-state index contributed by atoms with van der Waals surface area (Å²) in [5, 5.41) is 12.4. The van der Waals surface area contributed by atoms with Crippen molar-refractivity contribution in [2.75, 3.05) is 0 Å². The molecule has 3 rings (SSSR count). The molecule has 6 heteroatoms. The zero-order valence-corrected chi connectivity index (χ0v) is 10.7. The van der Waals surface area contributed by atoms with Crippen LogP contribution in [0.3, 0.4) is 0 Å². The molecule has 0 fully saturated rings. The molecule has 0 saturated carbocycles. The maximum absolute atomic E-state index is 6.17. The first-order chi connectivity index (χ1) is 9.34. The molecule has 5 nitrogen and oxygen atoms in total. The molecule has 0 aliphatic heterocycles. The van der Waals surface area contributed by atoms with Crippen LogP contribution in [0, 0.1) is 0 Å². The highest BCUT2D eigenvalue weighted by Gasteiger charge is 2.12. The lowest BCUT2D eigenvalue weighted by Gasteiger charge is -2.05. The van der Waals surface area contributed by atoms with Crippen LogP contribution >= 0.6 is 11.6 Å². The van der Waals surface area contributed by atoms with Crippen LogP contribution in [0.15, 0.2) is 48.7 Å². The summed E-state index contributed by atoms with van der Waals surface area (Å²) >= 11 is 6.17. The fraction of sp³-hybridized carbons (Fsp3) is 0.0769. The standard InChI is InChI=1S/C13H10ClN5/c14-12-7-2-1-6-11(12)13-16-17-18-19(13)9-10-5-3-4-8-15-10/h1-8H,9H2. The van der Waals surface area contributed by atoms with Gasteiger partial charge in [-0.3, -0.25) is 4.98 Å². The number of halogens is 1. The number of aromatic nitrogens is 5. The first-order valence-electron chi connectivity index (χ1n) is 5.75. The van der Waals surface area contributed by atoms with Gasteiger partial charge in [-0.1, -0.05) is 29.8 Å². The maximum atomic E-state index is 6.17. The molecule has 0 bridgehead atoms. The van der Waals surface area contributed by atoms with Crippen molar-refractivity contribution in [2.45, 2.75) is 6.54 Å². The highest BCUT2D eigenvalue weighted by atomic mass is 35.5.